The van der Waals surface area contributed by atoms with Crippen LogP contribution in [0.25, 0.3) is 6.08 Å². The SMILES string of the molecule is Cc1cc(C=CC(=O)O)cc(C)c1Oc1ccc(N)c(Nc2ccc(C#N)cc2)n1. The summed E-state index contributed by atoms with van der Waals surface area (Å²) in [4.78, 5) is 15.2. The molecule has 0 spiro atoms. The molecule has 3 rings (SSSR count). The number of pyridine rings is 1. The molecule has 0 unspecified atom stereocenters. The van der Waals surface area contributed by atoms with E-state index in [-0.39, 0.29) is 0 Å². The van der Waals surface area contributed by atoms with Gasteiger partial charge in [-0.25, -0.2) is 4.79 Å². The molecule has 4 N–H and O–H groups in total. The van der Waals surface area contributed by atoms with Crippen LogP contribution in [0, 0.1) is 25.2 Å². The standard InChI is InChI=1S/C23H20N4O3/c1-14-11-17(5-10-21(28)29)12-15(2)22(14)30-20-9-8-19(25)23(27-20)26-18-6-3-16(13-24)4-7-18/h3-12H,25H2,1-2H3,(H,26,27)(H,28,29). The monoisotopic (exact) mass is 400 g/mol. The normalized spacial score (nSPS) is 10.6. The topological polar surface area (TPSA) is 121 Å². The summed E-state index contributed by atoms with van der Waals surface area (Å²) < 4.78 is 6.00. The largest absolute Gasteiger partial charge is 0.478 e. The number of nitrogens with two attached hydrogens (primary N) is 1. The van der Waals surface area contributed by atoms with E-state index in [0.717, 1.165) is 28.5 Å². The smallest absolute Gasteiger partial charge is 0.328 e. The molecule has 7 nitrogen and oxygen atoms in total. The minimum absolute atomic E-state index is 0.361. The molecule has 0 amide bonds. The van der Waals surface area contributed by atoms with Gasteiger partial charge in [-0.1, -0.05) is 0 Å². The Morgan fingerprint density at radius 1 is 1.17 bits per heavy atom. The number of anilines is 3. The summed E-state index contributed by atoms with van der Waals surface area (Å²) in [7, 11) is 0. The van der Waals surface area contributed by atoms with Gasteiger partial charge in [0.25, 0.3) is 0 Å². The molecule has 0 atom stereocenters. The molecule has 0 bridgehead atoms. The van der Waals surface area contributed by atoms with E-state index in [1.165, 1.54) is 6.08 Å². The molecule has 1 heterocycles. The first-order chi connectivity index (χ1) is 14.4. The van der Waals surface area contributed by atoms with Crippen molar-refractivity contribution < 1.29 is 14.6 Å². The molecule has 0 aliphatic carbocycles. The van der Waals surface area contributed by atoms with Crippen LogP contribution in [-0.2, 0) is 4.79 Å². The molecule has 1 aromatic heterocycles. The maximum atomic E-state index is 10.7. The Hall–Kier alpha value is -4.31. The van der Waals surface area contributed by atoms with Crippen molar-refractivity contribution in [2.75, 3.05) is 11.1 Å². The first-order valence-electron chi connectivity index (χ1n) is 9.09. The highest BCUT2D eigenvalue weighted by Gasteiger charge is 2.10. The van der Waals surface area contributed by atoms with E-state index in [2.05, 4.69) is 16.4 Å². The second-order valence-corrected chi connectivity index (χ2v) is 6.66. The summed E-state index contributed by atoms with van der Waals surface area (Å²) in [6.45, 7) is 3.77. The van der Waals surface area contributed by atoms with Gasteiger partial charge in [-0.15, -0.1) is 0 Å². The summed E-state index contributed by atoms with van der Waals surface area (Å²) in [6.07, 6.45) is 2.63. The lowest BCUT2D eigenvalue weighted by atomic mass is 10.1. The number of carbonyl (C=O) groups is 1. The number of rotatable bonds is 6. The highest BCUT2D eigenvalue weighted by Crippen LogP contribution is 2.31. The van der Waals surface area contributed by atoms with Crippen LogP contribution < -0.4 is 15.8 Å². The summed E-state index contributed by atoms with van der Waals surface area (Å²) in [5.74, 6) is 0.442. The fourth-order valence-electron chi connectivity index (χ4n) is 2.89. The number of ether oxygens (including phenoxy) is 1. The van der Waals surface area contributed by atoms with Crippen LogP contribution in [0.4, 0.5) is 17.2 Å². The Morgan fingerprint density at radius 2 is 1.83 bits per heavy atom. The Kier molecular flexibility index (Phi) is 5.99. The predicted molar refractivity (Wildman–Crippen MR) is 116 cm³/mol. The molecule has 0 fully saturated rings. The second kappa shape index (κ2) is 8.80. The summed E-state index contributed by atoms with van der Waals surface area (Å²) in [5.41, 5.74) is 10.3. The van der Waals surface area contributed by atoms with E-state index in [1.807, 2.05) is 26.0 Å². The molecule has 3 aromatic rings. The van der Waals surface area contributed by atoms with E-state index in [1.54, 1.807) is 36.4 Å². The Balaban J connectivity index is 1.84. The average molecular weight is 400 g/mol. The second-order valence-electron chi connectivity index (χ2n) is 6.66. The van der Waals surface area contributed by atoms with Crippen molar-refractivity contribution in [1.82, 2.24) is 4.98 Å². The van der Waals surface area contributed by atoms with Crippen LogP contribution >= 0.6 is 0 Å². The maximum absolute atomic E-state index is 10.7. The van der Waals surface area contributed by atoms with Gasteiger partial charge in [0.05, 0.1) is 17.3 Å². The maximum Gasteiger partial charge on any atom is 0.328 e. The third-order valence-electron chi connectivity index (χ3n) is 4.29. The fraction of sp³-hybridized carbons (Fsp3) is 0.0870. The van der Waals surface area contributed by atoms with Gasteiger partial charge in [-0.2, -0.15) is 10.2 Å². The molecule has 0 saturated carbocycles. The number of aliphatic carboxylic acids is 1. The number of nitrogens with one attached hydrogen (secondary N) is 1. The number of nitriles is 1. The van der Waals surface area contributed by atoms with Crippen molar-refractivity contribution in [2.45, 2.75) is 13.8 Å². The third kappa shape index (κ3) is 4.94. The molecule has 7 heteroatoms. The van der Waals surface area contributed by atoms with E-state index < -0.39 is 5.97 Å². The highest BCUT2D eigenvalue weighted by atomic mass is 16.5. The van der Waals surface area contributed by atoms with Crippen molar-refractivity contribution in [3.63, 3.8) is 0 Å². The van der Waals surface area contributed by atoms with Gasteiger partial charge >= 0.3 is 5.97 Å². The minimum Gasteiger partial charge on any atom is -0.478 e. The van der Waals surface area contributed by atoms with Crippen LogP contribution in [0.15, 0.2) is 54.6 Å². The number of nitrogen functional groups attached to an aromatic ring is 1. The molecule has 0 radical (unpaired) electrons. The molecule has 2 aromatic carbocycles. The molecule has 0 aliphatic heterocycles. The summed E-state index contributed by atoms with van der Waals surface area (Å²) in [5, 5.41) is 20.8. The van der Waals surface area contributed by atoms with E-state index in [9.17, 15) is 4.79 Å². The van der Waals surface area contributed by atoms with Crippen LogP contribution in [-0.4, -0.2) is 16.1 Å². The van der Waals surface area contributed by atoms with Crippen molar-refractivity contribution >= 4 is 29.2 Å². The first kappa shape index (κ1) is 20.4. The lowest BCUT2D eigenvalue weighted by Crippen LogP contribution is -2.01. The Morgan fingerprint density at radius 3 is 2.43 bits per heavy atom. The number of nitrogens with zero attached hydrogens (tertiary/aromatic N) is 2. The van der Waals surface area contributed by atoms with Gasteiger partial charge < -0.3 is 20.9 Å². The quantitative estimate of drug-likeness (QED) is 0.509. The van der Waals surface area contributed by atoms with Gasteiger partial charge in [-0.05, 0) is 79.1 Å². The lowest BCUT2D eigenvalue weighted by Gasteiger charge is -2.14. The van der Waals surface area contributed by atoms with Crippen molar-refractivity contribution in [3.8, 4) is 17.7 Å². The first-order valence-corrected chi connectivity index (χ1v) is 9.09. The zero-order chi connectivity index (χ0) is 21.7. The number of aryl methyl sites for hydroxylation is 2. The number of carboxylic acids is 1. The van der Waals surface area contributed by atoms with E-state index >= 15 is 0 Å². The number of hydrogen-bond donors (Lipinski definition) is 3. The molecule has 0 aliphatic rings. The van der Waals surface area contributed by atoms with Gasteiger partial charge in [0.15, 0.2) is 5.82 Å². The van der Waals surface area contributed by atoms with Crippen molar-refractivity contribution in [1.29, 1.82) is 5.26 Å². The average Bonchev–Trinajstić information content (AvgIpc) is 2.72. The third-order valence-corrected chi connectivity index (χ3v) is 4.29. The van der Waals surface area contributed by atoms with Crippen LogP contribution in [0.1, 0.15) is 22.3 Å². The molecule has 0 saturated heterocycles. The summed E-state index contributed by atoms with van der Waals surface area (Å²) >= 11 is 0. The fourth-order valence-corrected chi connectivity index (χ4v) is 2.89. The zero-order valence-corrected chi connectivity index (χ0v) is 16.5. The van der Waals surface area contributed by atoms with Gasteiger partial charge in [-0.3, -0.25) is 0 Å². The predicted octanol–water partition coefficient (Wildman–Crippen LogP) is 4.79. The molecule has 150 valence electrons. The minimum atomic E-state index is -1.00. The number of aromatic nitrogens is 1. The molecular weight excluding hydrogens is 380 g/mol. The van der Waals surface area contributed by atoms with E-state index in [0.29, 0.717) is 28.7 Å². The van der Waals surface area contributed by atoms with Crippen molar-refractivity contribution in [2.24, 2.45) is 0 Å². The lowest BCUT2D eigenvalue weighted by molar-refractivity contribution is -0.131. The number of hydrogen-bond acceptors (Lipinski definition) is 6. The Labute approximate surface area is 174 Å². The van der Waals surface area contributed by atoms with Crippen LogP contribution in [0.3, 0.4) is 0 Å². The van der Waals surface area contributed by atoms with Crippen molar-refractivity contribution in [3.05, 3.63) is 76.9 Å². The van der Waals surface area contributed by atoms with Crippen LogP contribution in [0.5, 0.6) is 11.6 Å². The summed E-state index contributed by atoms with van der Waals surface area (Å²) in [6, 6.07) is 16.1. The van der Waals surface area contributed by atoms with Gasteiger partial charge in [0.1, 0.15) is 5.75 Å². The Bertz CT molecular complexity index is 1140. The number of benzene rings is 2. The van der Waals surface area contributed by atoms with Crippen LogP contribution in [0.2, 0.25) is 0 Å². The molecule has 30 heavy (non-hydrogen) atoms. The zero-order valence-electron chi connectivity index (χ0n) is 16.5. The molecular formula is C23H20N4O3. The van der Waals surface area contributed by atoms with E-state index in [4.69, 9.17) is 20.8 Å². The number of carboxylic acid groups (broad SMARTS) is 1. The highest BCUT2D eigenvalue weighted by molar-refractivity contribution is 5.85. The van der Waals surface area contributed by atoms with Gasteiger partial charge in [0.2, 0.25) is 5.88 Å². The van der Waals surface area contributed by atoms with Gasteiger partial charge in [0, 0.05) is 17.8 Å².